The first-order valence-electron chi connectivity index (χ1n) is 4.67. The molecule has 0 saturated heterocycles. The SMILES string of the molecule is CC(C)Cc1ccn2ccnc2c1. The van der Waals surface area contributed by atoms with E-state index in [1.807, 2.05) is 16.8 Å². The van der Waals surface area contributed by atoms with Crippen molar-refractivity contribution < 1.29 is 0 Å². The Morgan fingerprint density at radius 3 is 3.00 bits per heavy atom. The number of hydrogen-bond acceptors (Lipinski definition) is 1. The number of imidazole rings is 1. The molecule has 13 heavy (non-hydrogen) atoms. The minimum absolute atomic E-state index is 0.706. The first-order valence-corrected chi connectivity index (χ1v) is 4.67. The Morgan fingerprint density at radius 1 is 1.38 bits per heavy atom. The van der Waals surface area contributed by atoms with E-state index in [9.17, 15) is 0 Å². The Labute approximate surface area is 78.2 Å². The molecule has 0 aliphatic heterocycles. The van der Waals surface area contributed by atoms with Crippen LogP contribution in [0.4, 0.5) is 0 Å². The first kappa shape index (κ1) is 8.30. The van der Waals surface area contributed by atoms with Crippen LogP contribution in [0.3, 0.4) is 0 Å². The van der Waals surface area contributed by atoms with Crippen LogP contribution in [0.15, 0.2) is 30.7 Å². The fraction of sp³-hybridized carbons (Fsp3) is 0.364. The zero-order valence-electron chi connectivity index (χ0n) is 8.07. The monoisotopic (exact) mass is 174 g/mol. The molecule has 0 aromatic carbocycles. The molecule has 0 atom stereocenters. The highest BCUT2D eigenvalue weighted by molar-refractivity contribution is 5.41. The van der Waals surface area contributed by atoms with Crippen molar-refractivity contribution in [2.45, 2.75) is 20.3 Å². The molecule has 2 aromatic heterocycles. The van der Waals surface area contributed by atoms with Gasteiger partial charge in [-0.3, -0.25) is 0 Å². The lowest BCUT2D eigenvalue weighted by Gasteiger charge is -2.04. The minimum atomic E-state index is 0.706. The van der Waals surface area contributed by atoms with Crippen molar-refractivity contribution >= 4 is 5.65 Å². The van der Waals surface area contributed by atoms with Crippen LogP contribution in [0.25, 0.3) is 5.65 Å². The maximum absolute atomic E-state index is 4.25. The zero-order valence-corrected chi connectivity index (χ0v) is 8.07. The lowest BCUT2D eigenvalue weighted by molar-refractivity contribution is 0.647. The molecule has 0 saturated carbocycles. The van der Waals surface area contributed by atoms with E-state index >= 15 is 0 Å². The highest BCUT2D eigenvalue weighted by Gasteiger charge is 1.99. The predicted molar refractivity (Wildman–Crippen MR) is 53.7 cm³/mol. The average molecular weight is 174 g/mol. The standard InChI is InChI=1S/C11H14N2/c1-9(2)7-10-3-5-13-6-4-12-11(13)8-10/h3-6,8-9H,7H2,1-2H3. The summed E-state index contributed by atoms with van der Waals surface area (Å²) in [7, 11) is 0. The summed E-state index contributed by atoms with van der Waals surface area (Å²) in [5.74, 6) is 0.706. The van der Waals surface area contributed by atoms with Crippen molar-refractivity contribution in [3.63, 3.8) is 0 Å². The number of pyridine rings is 1. The lowest BCUT2D eigenvalue weighted by atomic mass is 10.0. The van der Waals surface area contributed by atoms with E-state index < -0.39 is 0 Å². The Hall–Kier alpha value is -1.31. The normalized spacial score (nSPS) is 11.3. The summed E-state index contributed by atoms with van der Waals surface area (Å²) in [4.78, 5) is 4.25. The van der Waals surface area contributed by atoms with Gasteiger partial charge in [-0.1, -0.05) is 13.8 Å². The van der Waals surface area contributed by atoms with Crippen LogP contribution >= 0.6 is 0 Å². The molecular formula is C11H14N2. The van der Waals surface area contributed by atoms with Gasteiger partial charge in [-0.15, -0.1) is 0 Å². The second kappa shape index (κ2) is 3.21. The van der Waals surface area contributed by atoms with Gasteiger partial charge in [0.2, 0.25) is 0 Å². The van der Waals surface area contributed by atoms with E-state index in [2.05, 4.69) is 37.2 Å². The molecule has 0 amide bonds. The maximum Gasteiger partial charge on any atom is 0.136 e. The second-order valence-electron chi connectivity index (χ2n) is 3.83. The first-order chi connectivity index (χ1) is 6.25. The summed E-state index contributed by atoms with van der Waals surface area (Å²) >= 11 is 0. The van der Waals surface area contributed by atoms with E-state index in [0.29, 0.717) is 5.92 Å². The van der Waals surface area contributed by atoms with Gasteiger partial charge < -0.3 is 4.40 Å². The summed E-state index contributed by atoms with van der Waals surface area (Å²) in [6, 6.07) is 4.31. The van der Waals surface area contributed by atoms with Crippen molar-refractivity contribution in [1.29, 1.82) is 0 Å². The van der Waals surface area contributed by atoms with Gasteiger partial charge in [0.15, 0.2) is 0 Å². The van der Waals surface area contributed by atoms with E-state index in [1.165, 1.54) is 5.56 Å². The fourth-order valence-corrected chi connectivity index (χ4v) is 1.55. The molecule has 2 aromatic rings. The lowest BCUT2D eigenvalue weighted by Crippen LogP contribution is -1.95. The molecule has 0 aliphatic carbocycles. The molecule has 0 N–H and O–H groups in total. The highest BCUT2D eigenvalue weighted by Crippen LogP contribution is 2.10. The third-order valence-corrected chi connectivity index (χ3v) is 2.11. The van der Waals surface area contributed by atoms with Crippen molar-refractivity contribution in [2.75, 3.05) is 0 Å². The van der Waals surface area contributed by atoms with Crippen LogP contribution in [0.1, 0.15) is 19.4 Å². The Kier molecular flexibility index (Phi) is 2.05. The molecule has 2 heterocycles. The summed E-state index contributed by atoms with van der Waals surface area (Å²) in [5, 5.41) is 0. The molecule has 68 valence electrons. The highest BCUT2D eigenvalue weighted by atomic mass is 15.0. The molecule has 0 bridgehead atoms. The van der Waals surface area contributed by atoms with Gasteiger partial charge in [-0.2, -0.15) is 0 Å². The van der Waals surface area contributed by atoms with Crippen LogP contribution < -0.4 is 0 Å². The van der Waals surface area contributed by atoms with Crippen molar-refractivity contribution in [3.05, 3.63) is 36.3 Å². The number of nitrogens with zero attached hydrogens (tertiary/aromatic N) is 2. The van der Waals surface area contributed by atoms with Crippen LogP contribution in [0, 0.1) is 5.92 Å². The predicted octanol–water partition coefficient (Wildman–Crippen LogP) is 2.53. The van der Waals surface area contributed by atoms with Crippen LogP contribution in [-0.4, -0.2) is 9.38 Å². The summed E-state index contributed by atoms with van der Waals surface area (Å²) in [6.07, 6.45) is 6.99. The van der Waals surface area contributed by atoms with Crippen LogP contribution in [0.2, 0.25) is 0 Å². The third-order valence-electron chi connectivity index (χ3n) is 2.11. The van der Waals surface area contributed by atoms with Gasteiger partial charge in [0.1, 0.15) is 5.65 Å². The van der Waals surface area contributed by atoms with Gasteiger partial charge in [-0.25, -0.2) is 4.98 Å². The number of hydrogen-bond donors (Lipinski definition) is 0. The van der Waals surface area contributed by atoms with Gasteiger partial charge in [0, 0.05) is 18.6 Å². The molecular weight excluding hydrogens is 160 g/mol. The second-order valence-corrected chi connectivity index (χ2v) is 3.83. The largest absolute Gasteiger partial charge is 0.307 e. The summed E-state index contributed by atoms with van der Waals surface area (Å²) < 4.78 is 2.03. The molecule has 0 radical (unpaired) electrons. The Morgan fingerprint density at radius 2 is 2.23 bits per heavy atom. The van der Waals surface area contributed by atoms with E-state index in [-0.39, 0.29) is 0 Å². The van der Waals surface area contributed by atoms with Gasteiger partial charge in [0.05, 0.1) is 0 Å². The van der Waals surface area contributed by atoms with Crippen LogP contribution in [0.5, 0.6) is 0 Å². The Balaban J connectivity index is 2.37. The number of fused-ring (bicyclic) bond motifs is 1. The summed E-state index contributed by atoms with van der Waals surface area (Å²) in [5.41, 5.74) is 2.41. The van der Waals surface area contributed by atoms with Crippen LogP contribution in [-0.2, 0) is 6.42 Å². The average Bonchev–Trinajstić information content (AvgIpc) is 2.49. The van der Waals surface area contributed by atoms with Gasteiger partial charge in [-0.05, 0) is 30.0 Å². The van der Waals surface area contributed by atoms with Gasteiger partial charge >= 0.3 is 0 Å². The Bertz CT molecular complexity index is 401. The molecule has 0 fully saturated rings. The maximum atomic E-state index is 4.25. The van der Waals surface area contributed by atoms with E-state index in [0.717, 1.165) is 12.1 Å². The molecule has 2 rings (SSSR count). The molecule has 2 heteroatoms. The minimum Gasteiger partial charge on any atom is -0.307 e. The topological polar surface area (TPSA) is 17.3 Å². The fourth-order valence-electron chi connectivity index (χ4n) is 1.55. The van der Waals surface area contributed by atoms with Crippen molar-refractivity contribution in [2.24, 2.45) is 5.92 Å². The van der Waals surface area contributed by atoms with Crippen molar-refractivity contribution in [1.82, 2.24) is 9.38 Å². The molecule has 2 nitrogen and oxygen atoms in total. The quantitative estimate of drug-likeness (QED) is 0.684. The number of rotatable bonds is 2. The zero-order chi connectivity index (χ0) is 9.26. The molecule has 0 aliphatic rings. The van der Waals surface area contributed by atoms with E-state index in [4.69, 9.17) is 0 Å². The van der Waals surface area contributed by atoms with Gasteiger partial charge in [0.25, 0.3) is 0 Å². The molecule has 0 unspecified atom stereocenters. The third kappa shape index (κ3) is 1.72. The molecule has 0 spiro atoms. The summed E-state index contributed by atoms with van der Waals surface area (Å²) in [6.45, 7) is 4.46. The van der Waals surface area contributed by atoms with Crippen molar-refractivity contribution in [3.8, 4) is 0 Å². The smallest absolute Gasteiger partial charge is 0.136 e. The number of aromatic nitrogens is 2. The van der Waals surface area contributed by atoms with E-state index in [1.54, 1.807) is 0 Å².